The first kappa shape index (κ1) is 19.8. The van der Waals surface area contributed by atoms with Crippen molar-refractivity contribution in [2.45, 2.75) is 27.2 Å². The van der Waals surface area contributed by atoms with Crippen LogP contribution < -0.4 is 0 Å². The third kappa shape index (κ3) is 7.94. The molecule has 21 heavy (non-hydrogen) atoms. The van der Waals surface area contributed by atoms with Crippen molar-refractivity contribution >= 4 is 25.4 Å². The number of carbonyl (C=O) groups excluding carboxylic acids is 2. The molecular weight excluding hydrogens is 301 g/mol. The highest BCUT2D eigenvalue weighted by Gasteiger charge is 2.26. The molecule has 0 aromatic carbocycles. The summed E-state index contributed by atoms with van der Waals surface area (Å²) in [5.74, 6) is -0.760. The molecule has 0 aliphatic carbocycles. The minimum Gasteiger partial charge on any atom is -0.462 e. The van der Waals surface area contributed by atoms with Gasteiger partial charge in [0, 0.05) is 13.5 Å². The van der Waals surface area contributed by atoms with Crippen LogP contribution in [-0.4, -0.2) is 50.9 Å². The van der Waals surface area contributed by atoms with Gasteiger partial charge in [-0.25, -0.2) is 9.59 Å². The second-order valence-electron chi connectivity index (χ2n) is 3.66. The van der Waals surface area contributed by atoms with E-state index < -0.39 is 19.7 Å². The van der Waals surface area contributed by atoms with Crippen LogP contribution in [-0.2, 0) is 27.9 Å². The second-order valence-corrected chi connectivity index (χ2v) is 5.96. The zero-order chi connectivity index (χ0) is 16.3. The Bertz CT molecular complexity index is 422. The molecule has 0 radical (unpaired) electrons. The van der Waals surface area contributed by atoms with Crippen LogP contribution >= 0.6 is 7.60 Å². The van der Waals surface area contributed by atoms with Crippen LogP contribution in [0.5, 0.6) is 0 Å². The minimum absolute atomic E-state index is 0.0806. The van der Waals surface area contributed by atoms with Crippen LogP contribution in [0.15, 0.2) is 4.99 Å². The van der Waals surface area contributed by atoms with E-state index in [0.29, 0.717) is 0 Å². The summed E-state index contributed by atoms with van der Waals surface area (Å²) in [4.78, 5) is 26.6. The van der Waals surface area contributed by atoms with E-state index in [1.54, 1.807) is 20.8 Å². The lowest BCUT2D eigenvalue weighted by Gasteiger charge is -2.15. The Morgan fingerprint density at radius 2 is 1.67 bits per heavy atom. The Labute approximate surface area is 124 Å². The van der Waals surface area contributed by atoms with Gasteiger partial charge in [0.2, 0.25) is 0 Å². The third-order valence-corrected chi connectivity index (χ3v) is 4.21. The molecule has 0 aliphatic rings. The van der Waals surface area contributed by atoms with Crippen LogP contribution in [0, 0.1) is 0 Å². The first-order valence-electron chi connectivity index (χ1n) is 6.63. The lowest BCUT2D eigenvalue weighted by molar-refractivity contribution is -0.135. The summed E-state index contributed by atoms with van der Waals surface area (Å²) in [6, 6.07) is 0. The number of hydrogen-bond donors (Lipinski definition) is 0. The van der Waals surface area contributed by atoms with Crippen LogP contribution in [0.25, 0.3) is 0 Å². The first-order chi connectivity index (χ1) is 9.92. The van der Waals surface area contributed by atoms with E-state index in [9.17, 15) is 14.2 Å². The molecule has 1 amide bonds. The average Bonchev–Trinajstić information content (AvgIpc) is 2.44. The molecule has 0 saturated heterocycles. The van der Waals surface area contributed by atoms with Gasteiger partial charge in [0.15, 0.2) is 0 Å². The lowest BCUT2D eigenvalue weighted by Crippen LogP contribution is -2.21. The maximum absolute atomic E-state index is 12.1. The maximum Gasteiger partial charge on any atom is 0.434 e. The molecule has 122 valence electrons. The van der Waals surface area contributed by atoms with Gasteiger partial charge in [0.05, 0.1) is 26.0 Å². The number of hydrogen-bond acceptors (Lipinski definition) is 7. The van der Waals surface area contributed by atoms with E-state index in [-0.39, 0.29) is 38.1 Å². The summed E-state index contributed by atoms with van der Waals surface area (Å²) < 4.78 is 31.4. The molecular formula is C12H22NO7P. The van der Waals surface area contributed by atoms with Crippen LogP contribution in [0.3, 0.4) is 0 Å². The monoisotopic (exact) mass is 323 g/mol. The van der Waals surface area contributed by atoms with Crippen molar-refractivity contribution in [3.63, 3.8) is 0 Å². The number of esters is 1. The smallest absolute Gasteiger partial charge is 0.434 e. The molecule has 0 aliphatic heterocycles. The summed E-state index contributed by atoms with van der Waals surface area (Å²) in [5.41, 5.74) is -0.174. The molecule has 0 saturated carbocycles. The number of aliphatic imine (C=N–C) groups is 1. The zero-order valence-corrected chi connectivity index (χ0v) is 13.7. The predicted molar refractivity (Wildman–Crippen MR) is 76.8 cm³/mol. The molecule has 0 unspecified atom stereocenters. The Morgan fingerprint density at radius 3 is 2.14 bits per heavy atom. The van der Waals surface area contributed by atoms with Crippen LogP contribution in [0.2, 0.25) is 0 Å². The summed E-state index contributed by atoms with van der Waals surface area (Å²) in [6.45, 7) is 5.38. The Morgan fingerprint density at radius 1 is 1.05 bits per heavy atom. The average molecular weight is 323 g/mol. The van der Waals surface area contributed by atoms with Gasteiger partial charge in [-0.15, -0.1) is 0 Å². The topological polar surface area (TPSA) is 100 Å². The van der Waals surface area contributed by atoms with Crippen molar-refractivity contribution in [1.82, 2.24) is 0 Å². The van der Waals surface area contributed by atoms with Crippen molar-refractivity contribution in [1.29, 1.82) is 0 Å². The van der Waals surface area contributed by atoms with Gasteiger partial charge in [-0.1, -0.05) is 0 Å². The van der Waals surface area contributed by atoms with Crippen molar-refractivity contribution in [2.24, 2.45) is 4.99 Å². The van der Waals surface area contributed by atoms with E-state index in [1.807, 2.05) is 0 Å². The highest BCUT2D eigenvalue weighted by Crippen LogP contribution is 2.47. The van der Waals surface area contributed by atoms with E-state index in [0.717, 1.165) is 0 Å². The van der Waals surface area contributed by atoms with Gasteiger partial charge in [-0.2, -0.15) is 4.99 Å². The molecule has 0 N–H and O–H groups in total. The van der Waals surface area contributed by atoms with Crippen LogP contribution in [0.1, 0.15) is 27.2 Å². The second kappa shape index (κ2) is 10.5. The quantitative estimate of drug-likeness (QED) is 0.365. The van der Waals surface area contributed by atoms with E-state index in [2.05, 4.69) is 9.73 Å². The van der Waals surface area contributed by atoms with E-state index in [4.69, 9.17) is 13.8 Å². The highest BCUT2D eigenvalue weighted by molar-refractivity contribution is 7.53. The van der Waals surface area contributed by atoms with Crippen molar-refractivity contribution in [2.75, 3.05) is 33.1 Å². The Kier molecular flexibility index (Phi) is 9.86. The molecule has 1 atom stereocenters. The normalized spacial score (nSPS) is 14.4. The fraction of sp³-hybridized carbons (Fsp3) is 0.750. The van der Waals surface area contributed by atoms with Crippen molar-refractivity contribution in [3.8, 4) is 0 Å². The molecule has 9 heteroatoms. The Balaban J connectivity index is 4.94. The standard InChI is InChI=1S/C12H22NO7P/c1-5-18-11(14)10(13-12(15)19-6-2)8-9-21(16,17-4)20-7-3/h5-9H2,1-4H3/t21-/m0/s1. The summed E-state index contributed by atoms with van der Waals surface area (Å²) in [7, 11) is -2.06. The van der Waals surface area contributed by atoms with E-state index in [1.165, 1.54) is 7.11 Å². The van der Waals surface area contributed by atoms with E-state index >= 15 is 0 Å². The van der Waals surface area contributed by atoms with Gasteiger partial charge in [0.25, 0.3) is 0 Å². The predicted octanol–water partition coefficient (Wildman–Crippen LogP) is 2.41. The van der Waals surface area contributed by atoms with Gasteiger partial charge in [-0.05, 0) is 20.8 Å². The van der Waals surface area contributed by atoms with Gasteiger partial charge >= 0.3 is 19.7 Å². The Hall–Kier alpha value is -1.24. The molecule has 0 aromatic heterocycles. The molecule has 0 fully saturated rings. The SMILES string of the molecule is CCOC(=O)N=C(CC[P@](=O)(OC)OCC)C(=O)OCC. The maximum atomic E-state index is 12.1. The third-order valence-electron chi connectivity index (χ3n) is 2.23. The molecule has 0 bridgehead atoms. The zero-order valence-electron chi connectivity index (χ0n) is 12.8. The number of carbonyl (C=O) groups is 2. The fourth-order valence-corrected chi connectivity index (χ4v) is 2.63. The molecule has 0 aromatic rings. The molecule has 0 heterocycles. The molecule has 0 rings (SSSR count). The first-order valence-corrected chi connectivity index (χ1v) is 8.35. The highest BCUT2D eigenvalue weighted by atomic mass is 31.2. The van der Waals surface area contributed by atoms with Gasteiger partial charge < -0.3 is 18.5 Å². The lowest BCUT2D eigenvalue weighted by atomic mass is 10.3. The number of ether oxygens (including phenoxy) is 2. The molecule has 0 spiro atoms. The fourth-order valence-electron chi connectivity index (χ4n) is 1.33. The largest absolute Gasteiger partial charge is 0.462 e. The minimum atomic E-state index is -3.31. The number of nitrogens with zero attached hydrogens (tertiary/aromatic N) is 1. The summed E-state index contributed by atoms with van der Waals surface area (Å²) >= 11 is 0. The van der Waals surface area contributed by atoms with Gasteiger partial charge in [-0.3, -0.25) is 4.57 Å². The summed E-state index contributed by atoms with van der Waals surface area (Å²) in [6.07, 6.45) is -1.07. The number of rotatable bonds is 9. The molecule has 8 nitrogen and oxygen atoms in total. The van der Waals surface area contributed by atoms with Crippen molar-refractivity contribution < 1.29 is 32.7 Å². The summed E-state index contributed by atoms with van der Waals surface area (Å²) in [5, 5.41) is 0. The van der Waals surface area contributed by atoms with Crippen molar-refractivity contribution in [3.05, 3.63) is 0 Å². The van der Waals surface area contributed by atoms with Crippen LogP contribution in [0.4, 0.5) is 4.79 Å². The van der Waals surface area contributed by atoms with Gasteiger partial charge in [0.1, 0.15) is 5.71 Å². The number of amides is 1.